The van der Waals surface area contributed by atoms with Gasteiger partial charge in [0.25, 0.3) is 0 Å². The summed E-state index contributed by atoms with van der Waals surface area (Å²) in [5.41, 5.74) is 2.54. The predicted molar refractivity (Wildman–Crippen MR) is 116 cm³/mol. The molecular weight excluding hydrogens is 405 g/mol. The molecule has 30 heavy (non-hydrogen) atoms. The number of carbonyl (C=O) groups is 1. The van der Waals surface area contributed by atoms with Crippen LogP contribution in [0.4, 0.5) is 10.1 Å². The van der Waals surface area contributed by atoms with Crippen LogP contribution in [-0.4, -0.2) is 57.1 Å². The summed E-state index contributed by atoms with van der Waals surface area (Å²) in [5, 5.41) is 2.79. The lowest BCUT2D eigenvalue weighted by atomic mass is 10.1. The summed E-state index contributed by atoms with van der Waals surface area (Å²) in [4.78, 5) is 13.9. The first-order valence-electron chi connectivity index (χ1n) is 10.1. The molecule has 1 aliphatic heterocycles. The van der Waals surface area contributed by atoms with Crippen LogP contribution < -0.4 is 10.2 Å². The molecule has 2 aromatic carbocycles. The van der Waals surface area contributed by atoms with Crippen molar-refractivity contribution in [3.63, 3.8) is 0 Å². The maximum absolute atomic E-state index is 13.9. The highest BCUT2D eigenvalue weighted by atomic mass is 32.2. The van der Waals surface area contributed by atoms with Gasteiger partial charge in [-0.2, -0.15) is 4.31 Å². The van der Waals surface area contributed by atoms with Gasteiger partial charge in [0.1, 0.15) is 5.82 Å². The molecule has 0 saturated carbocycles. The Morgan fingerprint density at radius 3 is 2.50 bits per heavy atom. The average Bonchev–Trinajstić information content (AvgIpc) is 2.72. The van der Waals surface area contributed by atoms with Crippen molar-refractivity contribution in [3.05, 3.63) is 65.5 Å². The topological polar surface area (TPSA) is 69.7 Å². The van der Waals surface area contributed by atoms with Gasteiger partial charge in [0.05, 0.1) is 17.9 Å². The lowest BCUT2D eigenvalue weighted by Crippen LogP contribution is -2.49. The van der Waals surface area contributed by atoms with Gasteiger partial charge in [0.2, 0.25) is 15.9 Å². The lowest BCUT2D eigenvalue weighted by molar-refractivity contribution is -0.120. The zero-order valence-corrected chi connectivity index (χ0v) is 18.0. The van der Waals surface area contributed by atoms with Gasteiger partial charge >= 0.3 is 0 Å². The van der Waals surface area contributed by atoms with Gasteiger partial charge in [0.15, 0.2) is 0 Å². The van der Waals surface area contributed by atoms with Crippen molar-refractivity contribution in [2.45, 2.75) is 19.8 Å². The van der Waals surface area contributed by atoms with E-state index in [4.69, 9.17) is 0 Å². The van der Waals surface area contributed by atoms with Crippen LogP contribution in [0.15, 0.2) is 48.5 Å². The molecule has 0 spiro atoms. The Morgan fingerprint density at radius 1 is 1.07 bits per heavy atom. The van der Waals surface area contributed by atoms with E-state index in [0.717, 1.165) is 11.1 Å². The number of carbonyl (C=O) groups excluding carboxylic acids is 1. The largest absolute Gasteiger partial charge is 0.367 e. The first-order chi connectivity index (χ1) is 14.3. The molecule has 1 N–H and O–H groups in total. The highest BCUT2D eigenvalue weighted by Crippen LogP contribution is 2.21. The molecular formula is C22H28FN3O3S. The number of aryl methyl sites for hydroxylation is 1. The molecule has 1 heterocycles. The molecule has 3 rings (SSSR count). The summed E-state index contributed by atoms with van der Waals surface area (Å²) < 4.78 is 40.6. The van der Waals surface area contributed by atoms with Gasteiger partial charge < -0.3 is 10.2 Å². The van der Waals surface area contributed by atoms with E-state index in [1.54, 1.807) is 18.2 Å². The Bertz CT molecular complexity index is 973. The standard InChI is InChI=1S/C22H28FN3O3S/c1-18-6-4-7-19(16-18)17-22(27)24-10-5-15-30(28,29)26-13-11-25(12-14-26)21-9-3-2-8-20(21)23/h2-4,6-9,16H,5,10-15,17H2,1H3,(H,24,27). The summed E-state index contributed by atoms with van der Waals surface area (Å²) in [7, 11) is -3.40. The van der Waals surface area contributed by atoms with Gasteiger partial charge in [-0.25, -0.2) is 12.8 Å². The van der Waals surface area contributed by atoms with Crippen molar-refractivity contribution in [2.75, 3.05) is 43.4 Å². The fourth-order valence-electron chi connectivity index (χ4n) is 3.60. The van der Waals surface area contributed by atoms with Crippen molar-refractivity contribution < 1.29 is 17.6 Å². The number of hydrogen-bond donors (Lipinski definition) is 1. The number of hydrogen-bond acceptors (Lipinski definition) is 4. The second-order valence-electron chi connectivity index (χ2n) is 7.52. The van der Waals surface area contributed by atoms with E-state index in [-0.39, 0.29) is 23.9 Å². The number of nitrogens with one attached hydrogen (secondary N) is 1. The van der Waals surface area contributed by atoms with Gasteiger partial charge in [-0.3, -0.25) is 4.79 Å². The van der Waals surface area contributed by atoms with Gasteiger partial charge in [0, 0.05) is 32.7 Å². The molecule has 0 atom stereocenters. The molecule has 1 fully saturated rings. The maximum atomic E-state index is 13.9. The minimum atomic E-state index is -3.40. The highest BCUT2D eigenvalue weighted by Gasteiger charge is 2.27. The summed E-state index contributed by atoms with van der Waals surface area (Å²) in [5.74, 6) is -0.427. The van der Waals surface area contributed by atoms with E-state index in [1.807, 2.05) is 36.1 Å². The molecule has 8 heteroatoms. The van der Waals surface area contributed by atoms with E-state index in [0.29, 0.717) is 44.8 Å². The number of rotatable bonds is 8. The minimum absolute atomic E-state index is 0.0164. The van der Waals surface area contributed by atoms with Crippen molar-refractivity contribution in [1.82, 2.24) is 9.62 Å². The number of nitrogens with zero attached hydrogens (tertiary/aromatic N) is 2. The van der Waals surface area contributed by atoms with Gasteiger partial charge in [-0.05, 0) is 31.0 Å². The van der Waals surface area contributed by atoms with Crippen LogP contribution in [0.25, 0.3) is 0 Å². The summed E-state index contributed by atoms with van der Waals surface area (Å²) in [6.07, 6.45) is 0.641. The Labute approximate surface area is 177 Å². The number of halogens is 1. The van der Waals surface area contributed by atoms with Gasteiger partial charge in [-0.15, -0.1) is 0 Å². The predicted octanol–water partition coefficient (Wildman–Crippen LogP) is 2.33. The normalized spacial score (nSPS) is 15.2. The fraction of sp³-hybridized carbons (Fsp3) is 0.409. The molecule has 162 valence electrons. The van der Waals surface area contributed by atoms with Crippen molar-refractivity contribution in [1.29, 1.82) is 0 Å². The van der Waals surface area contributed by atoms with Crippen LogP contribution in [0.1, 0.15) is 17.5 Å². The Kier molecular flexibility index (Phi) is 7.44. The van der Waals surface area contributed by atoms with Crippen LogP contribution in [0, 0.1) is 12.7 Å². The summed E-state index contributed by atoms with van der Waals surface area (Å²) in [6.45, 7) is 3.86. The molecule has 1 saturated heterocycles. The monoisotopic (exact) mass is 433 g/mol. The molecule has 0 aromatic heterocycles. The van der Waals surface area contributed by atoms with E-state index in [1.165, 1.54) is 10.4 Å². The van der Waals surface area contributed by atoms with Crippen molar-refractivity contribution in [2.24, 2.45) is 0 Å². The maximum Gasteiger partial charge on any atom is 0.224 e. The average molecular weight is 434 g/mol. The number of piperazine rings is 1. The molecule has 1 aliphatic rings. The summed E-state index contributed by atoms with van der Waals surface area (Å²) >= 11 is 0. The molecule has 0 bridgehead atoms. The van der Waals surface area contributed by atoms with Crippen molar-refractivity contribution in [3.8, 4) is 0 Å². The third-order valence-electron chi connectivity index (χ3n) is 5.17. The van der Waals surface area contributed by atoms with Crippen molar-refractivity contribution >= 4 is 21.6 Å². The Balaban J connectivity index is 1.40. The van der Waals surface area contributed by atoms with E-state index in [9.17, 15) is 17.6 Å². The first-order valence-corrected chi connectivity index (χ1v) is 11.8. The third-order valence-corrected chi connectivity index (χ3v) is 7.13. The second kappa shape index (κ2) is 10.0. The second-order valence-corrected chi connectivity index (χ2v) is 9.61. The zero-order valence-electron chi connectivity index (χ0n) is 17.2. The molecule has 2 aromatic rings. The number of sulfonamides is 1. The minimum Gasteiger partial charge on any atom is -0.367 e. The SMILES string of the molecule is Cc1cccc(CC(=O)NCCCS(=O)(=O)N2CCN(c3ccccc3F)CC2)c1. The Morgan fingerprint density at radius 2 is 1.80 bits per heavy atom. The smallest absolute Gasteiger partial charge is 0.224 e. The Hall–Kier alpha value is -2.45. The number of amides is 1. The molecule has 0 unspecified atom stereocenters. The summed E-state index contributed by atoms with van der Waals surface area (Å²) in [6, 6.07) is 14.3. The van der Waals surface area contributed by atoms with Crippen LogP contribution in [0.2, 0.25) is 0 Å². The molecule has 1 amide bonds. The van der Waals surface area contributed by atoms with Crippen LogP contribution in [-0.2, 0) is 21.2 Å². The first kappa shape index (κ1) is 22.2. The molecule has 0 radical (unpaired) electrons. The fourth-order valence-corrected chi connectivity index (χ4v) is 5.08. The van der Waals surface area contributed by atoms with Crippen LogP contribution >= 0.6 is 0 Å². The number of benzene rings is 2. The van der Waals surface area contributed by atoms with Crippen LogP contribution in [0.3, 0.4) is 0 Å². The third kappa shape index (κ3) is 6.03. The van der Waals surface area contributed by atoms with Gasteiger partial charge in [-0.1, -0.05) is 42.0 Å². The zero-order chi connectivity index (χ0) is 21.6. The van der Waals surface area contributed by atoms with E-state index in [2.05, 4.69) is 5.32 Å². The molecule has 0 aliphatic carbocycles. The van der Waals surface area contributed by atoms with E-state index < -0.39 is 10.0 Å². The number of para-hydroxylation sites is 1. The number of anilines is 1. The van der Waals surface area contributed by atoms with Crippen LogP contribution in [0.5, 0.6) is 0 Å². The highest BCUT2D eigenvalue weighted by molar-refractivity contribution is 7.89. The quantitative estimate of drug-likeness (QED) is 0.649. The molecule has 6 nitrogen and oxygen atoms in total. The lowest BCUT2D eigenvalue weighted by Gasteiger charge is -2.35. The van der Waals surface area contributed by atoms with E-state index >= 15 is 0 Å².